The van der Waals surface area contributed by atoms with Gasteiger partial charge in [0, 0.05) is 37.3 Å². The fourth-order valence-electron chi connectivity index (χ4n) is 3.57. The molecule has 36 heavy (non-hydrogen) atoms. The molecular weight excluding hydrogens is 650 g/mol. The van der Waals surface area contributed by atoms with E-state index in [9.17, 15) is 9.18 Å². The smallest absolute Gasteiger partial charge is 0.155 e. The minimum Gasteiger partial charge on any atom is -0.512 e. The van der Waals surface area contributed by atoms with Crippen molar-refractivity contribution in [2.75, 3.05) is 0 Å². The molecule has 0 bridgehead atoms. The Labute approximate surface area is 227 Å². The van der Waals surface area contributed by atoms with E-state index in [1.54, 1.807) is 11.3 Å². The van der Waals surface area contributed by atoms with Crippen LogP contribution >= 0.6 is 11.3 Å². The fraction of sp³-hybridized carbons (Fsp3) is 0.0667. The molecule has 2 aromatic heterocycles. The Balaban J connectivity index is 0.000000400. The normalized spacial score (nSPS) is 10.8. The van der Waals surface area contributed by atoms with E-state index in [0.29, 0.717) is 0 Å². The summed E-state index contributed by atoms with van der Waals surface area (Å²) in [6, 6.07) is 30.6. The van der Waals surface area contributed by atoms with Gasteiger partial charge in [0.1, 0.15) is 5.82 Å². The number of aromatic nitrogens is 1. The minimum absolute atomic E-state index is 0. The maximum Gasteiger partial charge on any atom is 0.155 e. The van der Waals surface area contributed by atoms with Crippen LogP contribution in [0.3, 0.4) is 0 Å². The van der Waals surface area contributed by atoms with E-state index in [1.165, 1.54) is 37.6 Å². The Bertz CT molecular complexity index is 1490. The number of carbonyl (C=O) groups is 1. The van der Waals surface area contributed by atoms with Gasteiger partial charge in [-0.3, -0.25) is 4.79 Å². The number of hydrogen-bond donors (Lipinski definition) is 1. The van der Waals surface area contributed by atoms with E-state index in [4.69, 9.17) is 5.11 Å². The minimum atomic E-state index is -0.220. The molecule has 0 saturated heterocycles. The molecular formula is C30H23FIrNO2S-. The molecule has 6 heteroatoms. The number of halogens is 1. The molecule has 1 radical (unpaired) electrons. The Morgan fingerprint density at radius 2 is 1.67 bits per heavy atom. The molecule has 5 rings (SSSR count). The number of ketones is 1. The van der Waals surface area contributed by atoms with Gasteiger partial charge in [-0.1, -0.05) is 48.5 Å². The summed E-state index contributed by atoms with van der Waals surface area (Å²) < 4.78 is 14.3. The van der Waals surface area contributed by atoms with Crippen LogP contribution in [0.4, 0.5) is 4.39 Å². The van der Waals surface area contributed by atoms with E-state index in [0.717, 1.165) is 37.3 Å². The zero-order valence-corrected chi connectivity index (χ0v) is 22.9. The van der Waals surface area contributed by atoms with Crippen LogP contribution in [0.1, 0.15) is 13.8 Å². The Morgan fingerprint density at radius 1 is 0.944 bits per heavy atom. The number of fused-ring (bicyclic) bond motifs is 1. The third-order valence-electron chi connectivity index (χ3n) is 5.13. The SMILES string of the molecule is CC(=O)/C=C(/C)O.Fc1ccc(-c2cc3cc(-c4[c-]ccc(-c5ccccc5)c4)ncc3s2)cc1.[Ir]. The van der Waals surface area contributed by atoms with Crippen molar-refractivity contribution in [2.45, 2.75) is 13.8 Å². The Hall–Kier alpha value is -3.44. The zero-order valence-electron chi connectivity index (χ0n) is 19.7. The first kappa shape index (κ1) is 27.2. The second-order valence-electron chi connectivity index (χ2n) is 7.98. The predicted octanol–water partition coefficient (Wildman–Crippen LogP) is 8.27. The molecule has 0 aliphatic carbocycles. The molecule has 5 aromatic rings. The summed E-state index contributed by atoms with van der Waals surface area (Å²) in [4.78, 5) is 15.8. The molecule has 0 amide bonds. The monoisotopic (exact) mass is 673 g/mol. The molecule has 0 unspecified atom stereocenters. The fourth-order valence-corrected chi connectivity index (χ4v) is 4.59. The third-order valence-corrected chi connectivity index (χ3v) is 6.26. The van der Waals surface area contributed by atoms with Crippen molar-refractivity contribution in [3.8, 4) is 32.8 Å². The topological polar surface area (TPSA) is 50.2 Å². The van der Waals surface area contributed by atoms with Crippen LogP contribution < -0.4 is 0 Å². The van der Waals surface area contributed by atoms with Gasteiger partial charge in [0.05, 0.1) is 10.5 Å². The number of thiophene rings is 1. The van der Waals surface area contributed by atoms with Crippen LogP contribution in [0.25, 0.3) is 42.9 Å². The van der Waals surface area contributed by atoms with Crippen LogP contribution in [0.5, 0.6) is 0 Å². The number of pyridine rings is 1. The average Bonchev–Trinajstić information content (AvgIpc) is 3.28. The third kappa shape index (κ3) is 7.05. The first-order chi connectivity index (χ1) is 16.9. The van der Waals surface area contributed by atoms with Gasteiger partial charge in [-0.2, -0.15) is 0 Å². The zero-order chi connectivity index (χ0) is 24.8. The molecule has 0 spiro atoms. The molecule has 0 saturated carbocycles. The molecule has 0 aliphatic rings. The summed E-state index contributed by atoms with van der Waals surface area (Å²) in [5, 5.41) is 9.50. The van der Waals surface area contributed by atoms with Gasteiger partial charge >= 0.3 is 0 Å². The summed E-state index contributed by atoms with van der Waals surface area (Å²) in [6.45, 7) is 2.85. The van der Waals surface area contributed by atoms with Crippen molar-refractivity contribution in [3.05, 3.63) is 115 Å². The predicted molar refractivity (Wildman–Crippen MR) is 142 cm³/mol. The largest absolute Gasteiger partial charge is 0.512 e. The summed E-state index contributed by atoms with van der Waals surface area (Å²) in [5.41, 5.74) is 5.20. The second kappa shape index (κ2) is 12.5. The molecule has 0 fully saturated rings. The summed E-state index contributed by atoms with van der Waals surface area (Å²) in [6.07, 6.45) is 3.07. The molecule has 2 heterocycles. The van der Waals surface area contributed by atoms with Gasteiger partial charge in [0.25, 0.3) is 0 Å². The van der Waals surface area contributed by atoms with Crippen molar-refractivity contribution in [1.29, 1.82) is 0 Å². The first-order valence-electron chi connectivity index (χ1n) is 11.0. The molecule has 183 valence electrons. The van der Waals surface area contributed by atoms with Gasteiger partial charge < -0.3 is 10.1 Å². The van der Waals surface area contributed by atoms with Gasteiger partial charge in [-0.05, 0) is 54.3 Å². The van der Waals surface area contributed by atoms with Gasteiger partial charge in [-0.25, -0.2) is 4.39 Å². The number of benzene rings is 3. The van der Waals surface area contributed by atoms with Crippen LogP contribution in [-0.4, -0.2) is 15.9 Å². The van der Waals surface area contributed by atoms with Crippen LogP contribution in [0.2, 0.25) is 0 Å². The number of nitrogens with zero attached hydrogens (tertiary/aromatic N) is 1. The van der Waals surface area contributed by atoms with Gasteiger partial charge in [-0.15, -0.1) is 46.7 Å². The number of aliphatic hydroxyl groups excluding tert-OH is 1. The molecule has 1 N–H and O–H groups in total. The van der Waals surface area contributed by atoms with E-state index in [1.807, 2.05) is 42.6 Å². The van der Waals surface area contributed by atoms with Crippen molar-refractivity contribution < 1.29 is 34.4 Å². The van der Waals surface area contributed by atoms with E-state index >= 15 is 0 Å². The quantitative estimate of drug-likeness (QED) is 0.119. The Morgan fingerprint density at radius 3 is 2.31 bits per heavy atom. The van der Waals surface area contributed by atoms with Crippen LogP contribution in [0.15, 0.2) is 103 Å². The maximum atomic E-state index is 13.2. The standard InChI is InChI=1S/C25H15FNS.C5H8O2.Ir/c26-22-11-9-18(10-12-22)24-15-21-14-23(27-16-25(21)28-24)20-8-4-7-19(13-20)17-5-2-1-3-6-17;1-4(6)3-5(2)7;/h1-7,9-16H;3,6H,1-2H3;/q-1;;/b;4-3-;. The summed E-state index contributed by atoms with van der Waals surface area (Å²) in [5.74, 6) is -0.282. The van der Waals surface area contributed by atoms with Crippen molar-refractivity contribution in [3.63, 3.8) is 0 Å². The van der Waals surface area contributed by atoms with Crippen molar-refractivity contribution in [2.24, 2.45) is 0 Å². The van der Waals surface area contributed by atoms with E-state index in [-0.39, 0.29) is 37.5 Å². The number of aliphatic hydroxyl groups is 1. The number of allylic oxidation sites excluding steroid dienone is 2. The van der Waals surface area contributed by atoms with Crippen molar-refractivity contribution >= 4 is 27.2 Å². The summed E-state index contributed by atoms with van der Waals surface area (Å²) in [7, 11) is 0. The number of carbonyl (C=O) groups excluding carboxylic acids is 1. The van der Waals surface area contributed by atoms with E-state index < -0.39 is 0 Å². The molecule has 3 aromatic carbocycles. The summed E-state index contributed by atoms with van der Waals surface area (Å²) >= 11 is 1.66. The number of rotatable bonds is 4. The van der Waals surface area contributed by atoms with Crippen LogP contribution in [-0.2, 0) is 24.9 Å². The Kier molecular flexibility index (Phi) is 9.43. The van der Waals surface area contributed by atoms with Crippen LogP contribution in [0, 0.1) is 11.9 Å². The number of hydrogen-bond acceptors (Lipinski definition) is 4. The van der Waals surface area contributed by atoms with Crippen molar-refractivity contribution in [1.82, 2.24) is 4.98 Å². The molecule has 0 aliphatic heterocycles. The van der Waals surface area contributed by atoms with Gasteiger partial charge in [0.15, 0.2) is 5.78 Å². The van der Waals surface area contributed by atoms with Gasteiger partial charge in [0.2, 0.25) is 0 Å². The second-order valence-corrected chi connectivity index (χ2v) is 9.06. The van der Waals surface area contributed by atoms with E-state index in [2.05, 4.69) is 47.4 Å². The maximum absolute atomic E-state index is 13.2. The molecule has 0 atom stereocenters. The first-order valence-corrected chi connectivity index (χ1v) is 11.8. The molecule has 3 nitrogen and oxygen atoms in total. The average molecular weight is 673 g/mol.